The van der Waals surface area contributed by atoms with E-state index in [-0.39, 0.29) is 5.69 Å². The van der Waals surface area contributed by atoms with Crippen molar-refractivity contribution in [2.75, 3.05) is 5.73 Å². The number of nitro benzene ring substituents is 1. The Bertz CT molecular complexity index is 579. The number of aliphatic imine (C=N–C) groups is 1. The molecule has 0 unspecified atom stereocenters. The van der Waals surface area contributed by atoms with E-state index < -0.39 is 4.92 Å². The summed E-state index contributed by atoms with van der Waals surface area (Å²) in [7, 11) is 0. The van der Waals surface area contributed by atoms with Crippen molar-refractivity contribution >= 4 is 34.4 Å². The summed E-state index contributed by atoms with van der Waals surface area (Å²) in [6, 6.07) is 15.0. The Kier molecular flexibility index (Phi) is 5.88. The van der Waals surface area contributed by atoms with Crippen molar-refractivity contribution in [2.45, 2.75) is 0 Å². The lowest BCUT2D eigenvalue weighted by Gasteiger charge is -1.90. The molecule has 0 radical (unpaired) electrons. The number of nitro groups is 1. The van der Waals surface area contributed by atoms with Crippen LogP contribution in [-0.2, 0) is 0 Å². The Labute approximate surface area is 115 Å². The Balaban J connectivity index is 0.000000191. The van der Waals surface area contributed by atoms with Gasteiger partial charge in [-0.3, -0.25) is 10.1 Å². The number of anilines is 1. The van der Waals surface area contributed by atoms with E-state index in [2.05, 4.69) is 22.4 Å². The molecule has 2 N–H and O–H groups in total. The molecule has 0 aromatic heterocycles. The summed E-state index contributed by atoms with van der Waals surface area (Å²) in [6.45, 7) is 0. The second-order valence-corrected chi connectivity index (χ2v) is 3.57. The molecule has 0 atom stereocenters. The van der Waals surface area contributed by atoms with Gasteiger partial charge in [0.2, 0.25) is 0 Å². The number of hydrogen-bond acceptors (Lipinski definition) is 5. The maximum absolute atomic E-state index is 10.0. The average molecular weight is 273 g/mol. The van der Waals surface area contributed by atoms with E-state index >= 15 is 0 Å². The molecule has 0 spiro atoms. The summed E-state index contributed by atoms with van der Waals surface area (Å²) in [4.78, 5) is 13.3. The maximum atomic E-state index is 10.0. The fourth-order valence-corrected chi connectivity index (χ4v) is 1.26. The van der Waals surface area contributed by atoms with Crippen LogP contribution in [0.1, 0.15) is 0 Å². The van der Waals surface area contributed by atoms with Gasteiger partial charge in [-0.1, -0.05) is 18.2 Å². The Morgan fingerprint density at radius 1 is 1.11 bits per heavy atom. The molecule has 0 bridgehead atoms. The smallest absolute Gasteiger partial charge is 0.269 e. The van der Waals surface area contributed by atoms with Crippen LogP contribution in [0, 0.1) is 10.1 Å². The van der Waals surface area contributed by atoms with Gasteiger partial charge in [-0.05, 0) is 36.5 Å². The zero-order valence-corrected chi connectivity index (χ0v) is 10.7. The highest BCUT2D eigenvalue weighted by atomic mass is 32.1. The number of nitrogens with two attached hydrogens (primary N) is 1. The van der Waals surface area contributed by atoms with Gasteiger partial charge in [0.25, 0.3) is 5.69 Å². The third-order valence-corrected chi connectivity index (χ3v) is 2.13. The predicted molar refractivity (Wildman–Crippen MR) is 78.6 cm³/mol. The molecular formula is C13H11N3O2S. The van der Waals surface area contributed by atoms with Crippen LogP contribution in [-0.4, -0.2) is 10.1 Å². The lowest BCUT2D eigenvalue weighted by Crippen LogP contribution is -1.84. The minimum absolute atomic E-state index is 0.137. The van der Waals surface area contributed by atoms with E-state index in [1.54, 1.807) is 42.5 Å². The molecule has 0 fully saturated rings. The molecule has 96 valence electrons. The van der Waals surface area contributed by atoms with Crippen molar-refractivity contribution in [3.63, 3.8) is 0 Å². The number of isothiocyanates is 1. The number of non-ortho nitro benzene ring substituents is 1. The molecule has 6 heteroatoms. The summed E-state index contributed by atoms with van der Waals surface area (Å²) in [5.74, 6) is 0. The SMILES string of the molecule is Nc1ccc(N=C=S)cc1.O=[N+]([O-])c1ccccc1. The van der Waals surface area contributed by atoms with Gasteiger partial charge >= 0.3 is 0 Å². The second kappa shape index (κ2) is 7.71. The highest BCUT2D eigenvalue weighted by Crippen LogP contribution is 2.12. The lowest BCUT2D eigenvalue weighted by atomic mass is 10.3. The number of nitrogens with zero attached hydrogens (tertiary/aromatic N) is 2. The quantitative estimate of drug-likeness (QED) is 0.298. The standard InChI is InChI=1S/C7H6N2S.C6H5NO2/c8-6-1-3-7(4-2-6)9-5-10;8-7(9)6-4-2-1-3-5-6/h1-4H,8H2;1-5H. The lowest BCUT2D eigenvalue weighted by molar-refractivity contribution is -0.384. The van der Waals surface area contributed by atoms with Crippen molar-refractivity contribution < 1.29 is 4.92 Å². The van der Waals surface area contributed by atoms with Gasteiger partial charge in [-0.2, -0.15) is 4.99 Å². The normalized spacial score (nSPS) is 8.63. The summed E-state index contributed by atoms with van der Waals surface area (Å²) in [6.07, 6.45) is 0. The van der Waals surface area contributed by atoms with Crippen molar-refractivity contribution in [3.05, 3.63) is 64.7 Å². The fraction of sp³-hybridized carbons (Fsp3) is 0. The largest absolute Gasteiger partial charge is 0.399 e. The van der Waals surface area contributed by atoms with Gasteiger partial charge in [0.1, 0.15) is 0 Å². The van der Waals surface area contributed by atoms with Crippen LogP contribution < -0.4 is 5.73 Å². The highest BCUT2D eigenvalue weighted by molar-refractivity contribution is 7.78. The molecule has 0 aliphatic rings. The monoisotopic (exact) mass is 273 g/mol. The van der Waals surface area contributed by atoms with Crippen LogP contribution in [0.5, 0.6) is 0 Å². The highest BCUT2D eigenvalue weighted by Gasteiger charge is 1.98. The van der Waals surface area contributed by atoms with Crippen molar-refractivity contribution in [3.8, 4) is 0 Å². The second-order valence-electron chi connectivity index (χ2n) is 3.39. The Hall–Kier alpha value is -2.56. The first kappa shape index (κ1) is 14.5. The van der Waals surface area contributed by atoms with Crippen LogP contribution in [0.3, 0.4) is 0 Å². The van der Waals surface area contributed by atoms with E-state index in [0.29, 0.717) is 0 Å². The molecule has 2 aromatic rings. The summed E-state index contributed by atoms with van der Waals surface area (Å²) < 4.78 is 0. The van der Waals surface area contributed by atoms with Crippen LogP contribution in [0.2, 0.25) is 0 Å². The predicted octanol–water partition coefficient (Wildman–Crippen LogP) is 3.60. The molecule has 19 heavy (non-hydrogen) atoms. The molecule has 0 aliphatic carbocycles. The third kappa shape index (κ3) is 5.54. The molecule has 2 aromatic carbocycles. The number of nitrogen functional groups attached to an aromatic ring is 1. The maximum Gasteiger partial charge on any atom is 0.269 e. The number of hydrogen-bond donors (Lipinski definition) is 1. The van der Waals surface area contributed by atoms with Crippen LogP contribution in [0.4, 0.5) is 17.1 Å². The first-order chi connectivity index (χ1) is 9.13. The van der Waals surface area contributed by atoms with Crippen LogP contribution in [0.15, 0.2) is 59.6 Å². The van der Waals surface area contributed by atoms with E-state index in [9.17, 15) is 10.1 Å². The molecule has 5 nitrogen and oxygen atoms in total. The van der Waals surface area contributed by atoms with Gasteiger partial charge in [-0.15, -0.1) is 0 Å². The van der Waals surface area contributed by atoms with E-state index in [0.717, 1.165) is 11.4 Å². The molecule has 0 saturated heterocycles. The molecular weight excluding hydrogens is 262 g/mol. The zero-order chi connectivity index (χ0) is 14.1. The Morgan fingerprint density at radius 3 is 2.11 bits per heavy atom. The summed E-state index contributed by atoms with van der Waals surface area (Å²) >= 11 is 4.42. The van der Waals surface area contributed by atoms with Gasteiger partial charge in [0, 0.05) is 17.8 Å². The first-order valence-electron chi connectivity index (χ1n) is 5.26. The topological polar surface area (TPSA) is 81.5 Å². The minimum atomic E-state index is -0.417. The van der Waals surface area contributed by atoms with E-state index in [4.69, 9.17) is 5.73 Å². The summed E-state index contributed by atoms with van der Waals surface area (Å²) in [5.41, 5.74) is 7.08. The van der Waals surface area contributed by atoms with Crippen LogP contribution in [0.25, 0.3) is 0 Å². The zero-order valence-electron chi connectivity index (χ0n) is 9.89. The number of para-hydroxylation sites is 1. The number of benzene rings is 2. The van der Waals surface area contributed by atoms with Crippen molar-refractivity contribution in [1.82, 2.24) is 0 Å². The fourth-order valence-electron chi connectivity index (χ4n) is 1.15. The van der Waals surface area contributed by atoms with Crippen molar-refractivity contribution in [2.24, 2.45) is 4.99 Å². The molecule has 0 saturated carbocycles. The van der Waals surface area contributed by atoms with E-state index in [1.807, 2.05) is 0 Å². The van der Waals surface area contributed by atoms with Crippen LogP contribution >= 0.6 is 12.2 Å². The Morgan fingerprint density at radius 2 is 1.68 bits per heavy atom. The molecule has 0 heterocycles. The van der Waals surface area contributed by atoms with Gasteiger partial charge < -0.3 is 5.73 Å². The van der Waals surface area contributed by atoms with Crippen molar-refractivity contribution in [1.29, 1.82) is 0 Å². The number of rotatable bonds is 2. The van der Waals surface area contributed by atoms with E-state index in [1.165, 1.54) is 12.1 Å². The molecule has 0 aliphatic heterocycles. The number of thiocarbonyl (C=S) groups is 1. The van der Waals surface area contributed by atoms with Gasteiger partial charge in [-0.25, -0.2) is 0 Å². The first-order valence-corrected chi connectivity index (χ1v) is 5.67. The minimum Gasteiger partial charge on any atom is -0.399 e. The third-order valence-electron chi connectivity index (χ3n) is 2.03. The van der Waals surface area contributed by atoms with Gasteiger partial charge in [0.15, 0.2) is 0 Å². The molecule has 0 amide bonds. The average Bonchev–Trinajstić information content (AvgIpc) is 2.43. The van der Waals surface area contributed by atoms with Gasteiger partial charge in [0.05, 0.1) is 15.8 Å². The molecule has 2 rings (SSSR count). The summed E-state index contributed by atoms with van der Waals surface area (Å²) in [5, 5.41) is 12.3.